The topological polar surface area (TPSA) is 85.9 Å². The molecule has 2 aromatic rings. The summed E-state index contributed by atoms with van der Waals surface area (Å²) in [6.07, 6.45) is 1.72. The fraction of sp³-hybridized carbons (Fsp3) is 0.200. The molecule has 0 aliphatic carbocycles. The van der Waals surface area contributed by atoms with E-state index in [-0.39, 0.29) is 5.75 Å². The molecule has 7 nitrogen and oxygen atoms in total. The van der Waals surface area contributed by atoms with Gasteiger partial charge >= 0.3 is 0 Å². The first-order valence-corrected chi connectivity index (χ1v) is 8.35. The van der Waals surface area contributed by atoms with Crippen LogP contribution in [0.15, 0.2) is 48.5 Å². The van der Waals surface area contributed by atoms with Gasteiger partial charge in [0.1, 0.15) is 11.5 Å². The van der Waals surface area contributed by atoms with Crippen LogP contribution in [0.1, 0.15) is 12.5 Å². The zero-order valence-corrected chi connectivity index (χ0v) is 15.7. The number of nitrogens with one attached hydrogen (secondary N) is 2. The Bertz CT molecular complexity index is 869. The van der Waals surface area contributed by atoms with Crippen molar-refractivity contribution in [1.82, 2.24) is 10.9 Å². The van der Waals surface area contributed by atoms with Crippen LogP contribution in [0, 0.1) is 5.82 Å². The third-order valence-electron chi connectivity index (χ3n) is 3.67. The molecule has 2 aromatic carbocycles. The molecule has 0 aliphatic heterocycles. The molecule has 0 heterocycles. The lowest BCUT2D eigenvalue weighted by Gasteiger charge is -2.15. The number of carbonyl (C=O) groups excluding carboxylic acids is 2. The lowest BCUT2D eigenvalue weighted by atomic mass is 10.1. The zero-order valence-electron chi connectivity index (χ0n) is 15.7. The van der Waals surface area contributed by atoms with Crippen LogP contribution < -0.4 is 25.1 Å². The van der Waals surface area contributed by atoms with Gasteiger partial charge < -0.3 is 14.2 Å². The summed E-state index contributed by atoms with van der Waals surface area (Å²) >= 11 is 0. The second-order valence-corrected chi connectivity index (χ2v) is 5.61. The Morgan fingerprint density at radius 3 is 2.46 bits per heavy atom. The molecule has 0 unspecified atom stereocenters. The lowest BCUT2D eigenvalue weighted by Crippen LogP contribution is -2.46. The van der Waals surface area contributed by atoms with Crippen LogP contribution in [-0.4, -0.2) is 32.1 Å². The molecular formula is C20H21FN2O5. The summed E-state index contributed by atoms with van der Waals surface area (Å²) in [7, 11) is 3.04. The third-order valence-corrected chi connectivity index (χ3v) is 3.67. The number of hydrogen-bond donors (Lipinski definition) is 2. The van der Waals surface area contributed by atoms with Crippen molar-refractivity contribution in [3.05, 3.63) is 59.9 Å². The van der Waals surface area contributed by atoms with Crippen LogP contribution >= 0.6 is 0 Å². The van der Waals surface area contributed by atoms with Gasteiger partial charge in [-0.05, 0) is 43.3 Å². The number of hydrogen-bond acceptors (Lipinski definition) is 5. The van der Waals surface area contributed by atoms with Gasteiger partial charge in [-0.1, -0.05) is 12.1 Å². The molecule has 0 aromatic heterocycles. The van der Waals surface area contributed by atoms with Crippen molar-refractivity contribution in [2.75, 3.05) is 14.2 Å². The maximum Gasteiger partial charge on any atom is 0.279 e. The largest absolute Gasteiger partial charge is 0.497 e. The highest BCUT2D eigenvalue weighted by Gasteiger charge is 2.16. The first-order chi connectivity index (χ1) is 13.4. The quantitative estimate of drug-likeness (QED) is 0.562. The van der Waals surface area contributed by atoms with Crippen molar-refractivity contribution in [1.29, 1.82) is 0 Å². The average Bonchev–Trinajstić information content (AvgIpc) is 2.71. The minimum absolute atomic E-state index is 0.0542. The number of halogens is 1. The van der Waals surface area contributed by atoms with Gasteiger partial charge in [-0.2, -0.15) is 0 Å². The van der Waals surface area contributed by atoms with Gasteiger partial charge in [0.2, 0.25) is 0 Å². The van der Waals surface area contributed by atoms with E-state index in [1.165, 1.54) is 51.5 Å². The summed E-state index contributed by atoms with van der Waals surface area (Å²) in [5.41, 5.74) is 5.07. The van der Waals surface area contributed by atoms with E-state index in [9.17, 15) is 14.0 Å². The Balaban J connectivity index is 1.90. The van der Waals surface area contributed by atoms with Crippen molar-refractivity contribution in [3.8, 4) is 17.2 Å². The molecule has 8 heteroatoms. The number of methoxy groups -OCH3 is 2. The summed E-state index contributed by atoms with van der Waals surface area (Å²) in [5, 5.41) is 0. The van der Waals surface area contributed by atoms with E-state index < -0.39 is 23.7 Å². The second kappa shape index (κ2) is 9.96. The Kier molecular flexibility index (Phi) is 7.38. The summed E-state index contributed by atoms with van der Waals surface area (Å²) in [6.45, 7) is 1.44. The standard InChI is InChI=1S/C20H21FN2O5/c1-13(28-18-7-5-4-6-16(18)21)20(25)23-22-19(24)11-8-14-12-15(26-2)9-10-17(14)27-3/h4-13H,1-3H3,(H,22,24)(H,23,25)/b11-8+/t13-/m1/s1. The van der Waals surface area contributed by atoms with Gasteiger partial charge in [0.05, 0.1) is 14.2 Å². The monoisotopic (exact) mass is 388 g/mol. The highest BCUT2D eigenvalue weighted by atomic mass is 19.1. The average molecular weight is 388 g/mol. The number of ether oxygens (including phenoxy) is 3. The summed E-state index contributed by atoms with van der Waals surface area (Å²) < 4.78 is 29.1. The van der Waals surface area contributed by atoms with Crippen LogP contribution in [0.3, 0.4) is 0 Å². The first-order valence-electron chi connectivity index (χ1n) is 8.35. The minimum atomic E-state index is -1.01. The Morgan fingerprint density at radius 1 is 1.04 bits per heavy atom. The predicted molar refractivity (Wildman–Crippen MR) is 101 cm³/mol. The van der Waals surface area contributed by atoms with Gasteiger partial charge in [-0.15, -0.1) is 0 Å². The molecule has 0 spiro atoms. The number of benzene rings is 2. The normalized spacial score (nSPS) is 11.6. The van der Waals surface area contributed by atoms with Crippen LogP contribution in [0.25, 0.3) is 6.08 Å². The number of para-hydroxylation sites is 1. The van der Waals surface area contributed by atoms with Crippen LogP contribution in [0.5, 0.6) is 17.2 Å². The molecule has 0 bridgehead atoms. The molecule has 1 atom stereocenters. The van der Waals surface area contributed by atoms with Crippen LogP contribution in [0.2, 0.25) is 0 Å². The minimum Gasteiger partial charge on any atom is -0.497 e. The number of rotatable bonds is 7. The number of carbonyl (C=O) groups is 2. The van der Waals surface area contributed by atoms with Gasteiger partial charge in [-0.3, -0.25) is 20.4 Å². The fourth-order valence-electron chi connectivity index (χ4n) is 2.19. The van der Waals surface area contributed by atoms with Gasteiger partial charge in [-0.25, -0.2) is 4.39 Å². The molecule has 2 rings (SSSR count). The van der Waals surface area contributed by atoms with E-state index in [0.29, 0.717) is 17.1 Å². The van der Waals surface area contributed by atoms with E-state index in [1.807, 2.05) is 0 Å². The summed E-state index contributed by atoms with van der Waals surface area (Å²) in [5.74, 6) is -0.683. The SMILES string of the molecule is COc1ccc(OC)c(/C=C/C(=O)NNC(=O)[C@@H](C)Oc2ccccc2F)c1. The molecule has 0 fully saturated rings. The van der Waals surface area contributed by atoms with Crippen molar-refractivity contribution in [3.63, 3.8) is 0 Å². The first kappa shape index (κ1) is 20.8. The third kappa shape index (κ3) is 5.73. The molecule has 0 saturated carbocycles. The molecule has 148 valence electrons. The number of hydrazine groups is 1. The highest BCUT2D eigenvalue weighted by molar-refractivity contribution is 5.94. The molecule has 0 aliphatic rings. The molecule has 2 N–H and O–H groups in total. The van der Waals surface area contributed by atoms with Gasteiger partial charge in [0.25, 0.3) is 11.8 Å². The van der Waals surface area contributed by atoms with Gasteiger partial charge in [0.15, 0.2) is 17.7 Å². The molecule has 28 heavy (non-hydrogen) atoms. The van der Waals surface area contributed by atoms with E-state index in [1.54, 1.807) is 24.3 Å². The van der Waals surface area contributed by atoms with Crippen LogP contribution in [0.4, 0.5) is 4.39 Å². The van der Waals surface area contributed by atoms with Gasteiger partial charge in [0, 0.05) is 11.6 Å². The molecular weight excluding hydrogens is 367 g/mol. The van der Waals surface area contributed by atoms with Crippen molar-refractivity contribution in [2.24, 2.45) is 0 Å². The fourth-order valence-corrected chi connectivity index (χ4v) is 2.19. The molecule has 2 amide bonds. The van der Waals surface area contributed by atoms with Crippen molar-refractivity contribution >= 4 is 17.9 Å². The second-order valence-electron chi connectivity index (χ2n) is 5.61. The van der Waals surface area contributed by atoms with Crippen LogP contribution in [-0.2, 0) is 9.59 Å². The van der Waals surface area contributed by atoms with Crippen molar-refractivity contribution < 1.29 is 28.2 Å². The maximum absolute atomic E-state index is 13.6. The van der Waals surface area contributed by atoms with E-state index in [4.69, 9.17) is 14.2 Å². The van der Waals surface area contributed by atoms with Crippen molar-refractivity contribution in [2.45, 2.75) is 13.0 Å². The molecule has 0 radical (unpaired) electrons. The smallest absolute Gasteiger partial charge is 0.279 e. The summed E-state index contributed by atoms with van der Waals surface area (Å²) in [6, 6.07) is 10.9. The summed E-state index contributed by atoms with van der Waals surface area (Å²) in [4.78, 5) is 23.9. The van der Waals surface area contributed by atoms with E-state index in [2.05, 4.69) is 10.9 Å². The Hall–Kier alpha value is -3.55. The number of amides is 2. The lowest BCUT2D eigenvalue weighted by molar-refractivity contribution is -0.131. The highest BCUT2D eigenvalue weighted by Crippen LogP contribution is 2.25. The van der Waals surface area contributed by atoms with E-state index in [0.717, 1.165) is 0 Å². The van der Waals surface area contributed by atoms with E-state index >= 15 is 0 Å². The maximum atomic E-state index is 13.6. The Labute approximate surface area is 162 Å². The molecule has 0 saturated heterocycles. The predicted octanol–water partition coefficient (Wildman–Crippen LogP) is 2.47. The Morgan fingerprint density at radius 2 is 1.79 bits per heavy atom. The zero-order chi connectivity index (χ0) is 20.5.